The van der Waals surface area contributed by atoms with Crippen LogP contribution in [0.5, 0.6) is 5.75 Å². The van der Waals surface area contributed by atoms with E-state index in [1.807, 2.05) is 48.7 Å². The van der Waals surface area contributed by atoms with Gasteiger partial charge in [-0.05, 0) is 43.7 Å². The number of hydrogen-bond acceptors (Lipinski definition) is 4. The first-order valence-corrected chi connectivity index (χ1v) is 8.55. The first-order chi connectivity index (χ1) is 12.5. The molecule has 2 heterocycles. The third-order valence-electron chi connectivity index (χ3n) is 4.72. The number of para-hydroxylation sites is 2. The molecule has 3 aromatic rings. The van der Waals surface area contributed by atoms with E-state index in [1.54, 1.807) is 17.0 Å². The van der Waals surface area contributed by atoms with Gasteiger partial charge >= 0.3 is 0 Å². The number of aliphatic hydroxyl groups excluding tert-OH is 1. The van der Waals surface area contributed by atoms with Gasteiger partial charge in [-0.25, -0.2) is 4.98 Å². The Bertz CT molecular complexity index is 1060. The largest absolute Gasteiger partial charge is 0.509 e. The molecular formula is C20H20N4O2. The summed E-state index contributed by atoms with van der Waals surface area (Å²) in [6.45, 7) is 4.72. The molecule has 4 rings (SSSR count). The van der Waals surface area contributed by atoms with Gasteiger partial charge in [0.05, 0.1) is 28.8 Å². The van der Waals surface area contributed by atoms with Crippen LogP contribution in [0.2, 0.25) is 0 Å². The lowest BCUT2D eigenvalue weighted by atomic mass is 10.2. The molecule has 0 amide bonds. The van der Waals surface area contributed by atoms with Crippen LogP contribution in [0.25, 0.3) is 16.6 Å². The first-order valence-electron chi connectivity index (χ1n) is 8.55. The van der Waals surface area contributed by atoms with Crippen molar-refractivity contribution in [1.82, 2.24) is 9.55 Å². The van der Waals surface area contributed by atoms with Crippen molar-refractivity contribution in [3.05, 3.63) is 59.6 Å². The molecule has 0 radical (unpaired) electrons. The van der Waals surface area contributed by atoms with E-state index in [1.165, 1.54) is 0 Å². The lowest BCUT2D eigenvalue weighted by Gasteiger charge is -2.20. The van der Waals surface area contributed by atoms with Crippen LogP contribution in [0, 0.1) is 12.3 Å². The topological polar surface area (TPSA) is 85.4 Å². The maximum absolute atomic E-state index is 10.6. The Hall–Kier alpha value is -3.28. The fraction of sp³-hybridized carbons (Fsp3) is 0.200. The van der Waals surface area contributed by atoms with E-state index in [0.29, 0.717) is 23.6 Å². The lowest BCUT2D eigenvalue weighted by molar-refractivity contribution is 0.410. The van der Waals surface area contributed by atoms with E-state index in [9.17, 15) is 10.2 Å². The lowest BCUT2D eigenvalue weighted by Crippen LogP contribution is -2.26. The average Bonchev–Trinajstić information content (AvgIpc) is 3.11. The number of aromatic nitrogens is 2. The molecule has 2 aromatic carbocycles. The van der Waals surface area contributed by atoms with Gasteiger partial charge in [-0.1, -0.05) is 18.2 Å². The van der Waals surface area contributed by atoms with Crippen LogP contribution < -0.4 is 4.90 Å². The van der Waals surface area contributed by atoms with Crippen LogP contribution in [0.1, 0.15) is 18.3 Å². The van der Waals surface area contributed by atoms with Gasteiger partial charge < -0.3 is 19.7 Å². The third kappa shape index (κ3) is 2.34. The highest BCUT2D eigenvalue weighted by atomic mass is 16.3. The minimum Gasteiger partial charge on any atom is -0.509 e. The fourth-order valence-corrected chi connectivity index (χ4v) is 3.47. The smallest absolute Gasteiger partial charge is 0.148 e. The number of hydrogen-bond donors (Lipinski definition) is 3. The summed E-state index contributed by atoms with van der Waals surface area (Å²) in [4.78, 5) is 6.24. The number of amidine groups is 1. The number of anilines is 1. The highest BCUT2D eigenvalue weighted by Crippen LogP contribution is 2.36. The quantitative estimate of drug-likeness (QED) is 0.671. The van der Waals surface area contributed by atoms with E-state index in [-0.39, 0.29) is 23.9 Å². The molecule has 3 N–H and O–H groups in total. The summed E-state index contributed by atoms with van der Waals surface area (Å²) in [7, 11) is 0. The van der Waals surface area contributed by atoms with Crippen LogP contribution in [0.15, 0.2) is 48.2 Å². The van der Waals surface area contributed by atoms with Crippen molar-refractivity contribution in [2.45, 2.75) is 20.4 Å². The number of benzene rings is 2. The van der Waals surface area contributed by atoms with E-state index in [0.717, 1.165) is 16.6 Å². The summed E-state index contributed by atoms with van der Waals surface area (Å²) in [5.74, 6) is 0.879. The normalized spacial score (nSPS) is 14.7. The van der Waals surface area contributed by atoms with Crippen molar-refractivity contribution >= 4 is 28.1 Å². The molecular weight excluding hydrogens is 328 g/mol. The van der Waals surface area contributed by atoms with E-state index < -0.39 is 0 Å². The van der Waals surface area contributed by atoms with Gasteiger partial charge in [0.15, 0.2) is 0 Å². The molecule has 0 saturated carbocycles. The van der Waals surface area contributed by atoms with Crippen LogP contribution in [-0.2, 0) is 6.54 Å². The molecule has 6 heteroatoms. The second-order valence-electron chi connectivity index (χ2n) is 6.42. The summed E-state index contributed by atoms with van der Waals surface area (Å²) in [5.41, 5.74) is 3.63. The monoisotopic (exact) mass is 348 g/mol. The Balaban J connectivity index is 1.81. The molecule has 1 aliphatic heterocycles. The van der Waals surface area contributed by atoms with E-state index in [2.05, 4.69) is 4.98 Å². The number of imidazole rings is 1. The Labute approximate surface area is 151 Å². The first kappa shape index (κ1) is 16.2. The molecule has 0 bridgehead atoms. The maximum atomic E-state index is 10.6. The molecule has 26 heavy (non-hydrogen) atoms. The van der Waals surface area contributed by atoms with Crippen LogP contribution >= 0.6 is 0 Å². The Morgan fingerprint density at radius 2 is 1.92 bits per heavy atom. The summed E-state index contributed by atoms with van der Waals surface area (Å²) in [5, 5.41) is 29.5. The highest BCUT2D eigenvalue weighted by Gasteiger charge is 2.33. The molecule has 132 valence electrons. The molecule has 6 nitrogen and oxygen atoms in total. The van der Waals surface area contributed by atoms with Gasteiger partial charge in [0.1, 0.15) is 23.2 Å². The van der Waals surface area contributed by atoms with Crippen molar-refractivity contribution in [2.24, 2.45) is 0 Å². The predicted molar refractivity (Wildman–Crippen MR) is 103 cm³/mol. The predicted octanol–water partition coefficient (Wildman–Crippen LogP) is 3.84. The van der Waals surface area contributed by atoms with Crippen molar-refractivity contribution in [2.75, 3.05) is 11.4 Å². The molecule has 1 aromatic heterocycles. The molecule has 1 aliphatic rings. The molecule has 0 atom stereocenters. The third-order valence-corrected chi connectivity index (χ3v) is 4.72. The fourth-order valence-electron chi connectivity index (χ4n) is 3.47. The number of aliphatic hydroxyl groups is 1. The summed E-state index contributed by atoms with van der Waals surface area (Å²) in [6.07, 6.45) is 0. The van der Waals surface area contributed by atoms with Crippen LogP contribution in [0.3, 0.4) is 0 Å². The van der Waals surface area contributed by atoms with E-state index in [4.69, 9.17) is 5.41 Å². The van der Waals surface area contributed by atoms with Gasteiger partial charge in [0.2, 0.25) is 0 Å². The molecule has 0 aliphatic carbocycles. The SMILES string of the molecule is CCn1c(C2=C(O)CN(c3ccc(C)cc3O)C2=N)nc2ccccc21. The van der Waals surface area contributed by atoms with Gasteiger partial charge in [0.25, 0.3) is 0 Å². The van der Waals surface area contributed by atoms with Crippen molar-refractivity contribution < 1.29 is 10.2 Å². The van der Waals surface area contributed by atoms with Crippen LogP contribution in [-0.4, -0.2) is 32.1 Å². The van der Waals surface area contributed by atoms with Gasteiger partial charge in [-0.2, -0.15) is 0 Å². The maximum Gasteiger partial charge on any atom is 0.148 e. The Kier molecular flexibility index (Phi) is 3.68. The number of aromatic hydroxyl groups is 1. The summed E-state index contributed by atoms with van der Waals surface area (Å²) in [6, 6.07) is 13.1. The average molecular weight is 348 g/mol. The van der Waals surface area contributed by atoms with Gasteiger partial charge in [-0.3, -0.25) is 5.41 Å². The number of phenols is 1. The van der Waals surface area contributed by atoms with Crippen molar-refractivity contribution in [1.29, 1.82) is 5.41 Å². The van der Waals surface area contributed by atoms with Crippen LogP contribution in [0.4, 0.5) is 5.69 Å². The summed E-state index contributed by atoms with van der Waals surface area (Å²) < 4.78 is 1.99. The number of rotatable bonds is 3. The van der Waals surface area contributed by atoms with Crippen molar-refractivity contribution in [3.8, 4) is 5.75 Å². The minimum absolute atomic E-state index is 0.0833. The van der Waals surface area contributed by atoms with Gasteiger partial charge in [-0.15, -0.1) is 0 Å². The van der Waals surface area contributed by atoms with E-state index >= 15 is 0 Å². The number of nitrogens with one attached hydrogen (secondary N) is 1. The Morgan fingerprint density at radius 1 is 1.15 bits per heavy atom. The Morgan fingerprint density at radius 3 is 2.65 bits per heavy atom. The second kappa shape index (κ2) is 5.91. The minimum atomic E-state index is 0.0833. The zero-order valence-electron chi connectivity index (χ0n) is 14.7. The number of nitrogens with zero attached hydrogens (tertiary/aromatic N) is 3. The molecule has 0 saturated heterocycles. The standard InChI is InChI=1S/C20H20N4O2/c1-3-23-14-7-5-4-6-13(14)22-20(23)18-17(26)11-24(19(18)21)15-9-8-12(2)10-16(15)25/h4-10,21,25-26H,3,11H2,1-2H3. The van der Waals surface area contributed by atoms with Crippen molar-refractivity contribution in [3.63, 3.8) is 0 Å². The van der Waals surface area contributed by atoms with Gasteiger partial charge in [0, 0.05) is 6.54 Å². The molecule has 0 spiro atoms. The molecule has 0 fully saturated rings. The summed E-state index contributed by atoms with van der Waals surface area (Å²) >= 11 is 0. The zero-order chi connectivity index (χ0) is 18.4. The zero-order valence-corrected chi connectivity index (χ0v) is 14.7. The second-order valence-corrected chi connectivity index (χ2v) is 6.42. The number of fused-ring (bicyclic) bond motifs is 1. The number of phenolic OH excluding ortho intramolecular Hbond substituents is 1. The molecule has 0 unspecified atom stereocenters. The highest BCUT2D eigenvalue weighted by molar-refractivity contribution is 6.30. The number of aryl methyl sites for hydroxylation is 2.